The molecule has 2 aromatic rings. The van der Waals surface area contributed by atoms with Crippen LogP contribution in [0.5, 0.6) is 17.4 Å². The molecule has 1 aromatic heterocycles. The molecule has 0 saturated heterocycles. The number of aryl methyl sites for hydroxylation is 1. The summed E-state index contributed by atoms with van der Waals surface area (Å²) in [7, 11) is 2.88. The molecule has 0 saturated carbocycles. The number of esters is 1. The lowest BCUT2D eigenvalue weighted by atomic mass is 10.2. The average Bonchev–Trinajstić information content (AvgIpc) is 2.48. The van der Waals surface area contributed by atoms with Crippen molar-refractivity contribution in [3.8, 4) is 17.4 Å². The first-order chi connectivity index (χ1) is 10.0. The van der Waals surface area contributed by atoms with Crippen molar-refractivity contribution in [2.75, 3.05) is 20.0 Å². The van der Waals surface area contributed by atoms with Crippen LogP contribution in [-0.2, 0) is 4.74 Å². The molecule has 6 nitrogen and oxygen atoms in total. The standard InChI is InChI=1S/C15H16N2O4/c1-9-11(15(18)20-3)5-7-14(17-9)21-13-6-4-10(19-2)8-12(13)16/h4-8H,16H2,1-3H3. The molecule has 1 aromatic carbocycles. The lowest BCUT2D eigenvalue weighted by molar-refractivity contribution is 0.0599. The molecule has 110 valence electrons. The number of nitrogens with zero attached hydrogens (tertiary/aromatic N) is 1. The predicted octanol–water partition coefficient (Wildman–Crippen LogP) is 2.56. The van der Waals surface area contributed by atoms with E-state index in [0.29, 0.717) is 34.3 Å². The van der Waals surface area contributed by atoms with Gasteiger partial charge in [0.15, 0.2) is 5.75 Å². The number of hydrogen-bond donors (Lipinski definition) is 1. The van der Waals surface area contributed by atoms with Crippen LogP contribution in [0.4, 0.5) is 5.69 Å². The number of rotatable bonds is 4. The van der Waals surface area contributed by atoms with Gasteiger partial charge in [0.25, 0.3) is 0 Å². The normalized spacial score (nSPS) is 10.0. The number of benzene rings is 1. The van der Waals surface area contributed by atoms with E-state index >= 15 is 0 Å². The first-order valence-corrected chi connectivity index (χ1v) is 6.22. The fraction of sp³-hybridized carbons (Fsp3) is 0.200. The first kappa shape index (κ1) is 14.6. The van der Waals surface area contributed by atoms with Crippen LogP contribution in [0.25, 0.3) is 0 Å². The molecule has 0 radical (unpaired) electrons. The molecule has 0 atom stereocenters. The number of carbonyl (C=O) groups is 1. The second-order valence-electron chi connectivity index (χ2n) is 4.28. The van der Waals surface area contributed by atoms with Crippen LogP contribution >= 0.6 is 0 Å². The summed E-state index contributed by atoms with van der Waals surface area (Å²) < 4.78 is 15.4. The summed E-state index contributed by atoms with van der Waals surface area (Å²) >= 11 is 0. The van der Waals surface area contributed by atoms with Crippen LogP contribution in [0.1, 0.15) is 16.1 Å². The van der Waals surface area contributed by atoms with E-state index < -0.39 is 5.97 Å². The van der Waals surface area contributed by atoms with E-state index in [1.165, 1.54) is 7.11 Å². The monoisotopic (exact) mass is 288 g/mol. The summed E-state index contributed by atoms with van der Waals surface area (Å²) in [5.74, 6) is 1.02. The van der Waals surface area contributed by atoms with E-state index in [9.17, 15) is 4.79 Å². The van der Waals surface area contributed by atoms with Crippen LogP contribution in [0.2, 0.25) is 0 Å². The number of nitrogens with two attached hydrogens (primary N) is 1. The Morgan fingerprint density at radius 3 is 2.52 bits per heavy atom. The van der Waals surface area contributed by atoms with Crippen molar-refractivity contribution in [2.45, 2.75) is 6.92 Å². The van der Waals surface area contributed by atoms with E-state index in [1.807, 2.05) is 0 Å². The Morgan fingerprint density at radius 2 is 1.95 bits per heavy atom. The van der Waals surface area contributed by atoms with Crippen molar-refractivity contribution >= 4 is 11.7 Å². The Balaban J connectivity index is 2.24. The molecule has 0 aliphatic heterocycles. The fourth-order valence-electron chi connectivity index (χ4n) is 1.78. The minimum absolute atomic E-state index is 0.344. The van der Waals surface area contributed by atoms with E-state index in [1.54, 1.807) is 44.4 Å². The molecule has 0 spiro atoms. The molecule has 2 rings (SSSR count). The minimum atomic E-state index is -0.435. The van der Waals surface area contributed by atoms with Gasteiger partial charge in [0, 0.05) is 12.1 Å². The zero-order chi connectivity index (χ0) is 15.4. The molecule has 0 unspecified atom stereocenters. The fourth-order valence-corrected chi connectivity index (χ4v) is 1.78. The molecule has 1 heterocycles. The van der Waals surface area contributed by atoms with Gasteiger partial charge in [-0.25, -0.2) is 9.78 Å². The third-order valence-corrected chi connectivity index (χ3v) is 2.90. The molecule has 0 aliphatic rings. The van der Waals surface area contributed by atoms with Crippen molar-refractivity contribution in [3.05, 3.63) is 41.6 Å². The summed E-state index contributed by atoms with van der Waals surface area (Å²) in [5, 5.41) is 0. The number of methoxy groups -OCH3 is 2. The quantitative estimate of drug-likeness (QED) is 0.687. The second kappa shape index (κ2) is 6.13. The lowest BCUT2D eigenvalue weighted by Gasteiger charge is -2.10. The van der Waals surface area contributed by atoms with Gasteiger partial charge >= 0.3 is 5.97 Å². The molecule has 6 heteroatoms. The van der Waals surface area contributed by atoms with Gasteiger partial charge in [-0.2, -0.15) is 0 Å². The Hall–Kier alpha value is -2.76. The summed E-state index contributed by atoms with van der Waals surface area (Å²) in [5.41, 5.74) is 7.23. The van der Waals surface area contributed by atoms with Gasteiger partial charge in [-0.05, 0) is 25.1 Å². The van der Waals surface area contributed by atoms with Gasteiger partial charge in [-0.15, -0.1) is 0 Å². The molecule has 0 bridgehead atoms. The summed E-state index contributed by atoms with van der Waals surface area (Å²) in [6, 6.07) is 8.28. The van der Waals surface area contributed by atoms with Crippen LogP contribution in [0, 0.1) is 6.92 Å². The summed E-state index contributed by atoms with van der Waals surface area (Å²) in [6.07, 6.45) is 0. The number of ether oxygens (including phenoxy) is 3. The van der Waals surface area contributed by atoms with Crippen molar-refractivity contribution in [3.63, 3.8) is 0 Å². The molecular weight excluding hydrogens is 272 g/mol. The maximum atomic E-state index is 11.5. The average molecular weight is 288 g/mol. The molecule has 0 fully saturated rings. The maximum absolute atomic E-state index is 11.5. The third-order valence-electron chi connectivity index (χ3n) is 2.90. The highest BCUT2D eigenvalue weighted by Crippen LogP contribution is 2.30. The van der Waals surface area contributed by atoms with Crippen molar-refractivity contribution in [1.29, 1.82) is 0 Å². The number of nitrogen functional groups attached to an aromatic ring is 1. The number of carbonyl (C=O) groups excluding carboxylic acids is 1. The predicted molar refractivity (Wildman–Crippen MR) is 77.8 cm³/mol. The van der Waals surface area contributed by atoms with Gasteiger partial charge < -0.3 is 19.9 Å². The Kier molecular flexibility index (Phi) is 4.27. The zero-order valence-electron chi connectivity index (χ0n) is 12.0. The van der Waals surface area contributed by atoms with Crippen LogP contribution in [-0.4, -0.2) is 25.2 Å². The van der Waals surface area contributed by atoms with Crippen LogP contribution in [0.15, 0.2) is 30.3 Å². The van der Waals surface area contributed by atoms with Crippen LogP contribution < -0.4 is 15.2 Å². The van der Waals surface area contributed by atoms with Gasteiger partial charge in [0.2, 0.25) is 5.88 Å². The highest BCUT2D eigenvalue weighted by atomic mass is 16.5. The summed E-state index contributed by atoms with van der Waals surface area (Å²) in [6.45, 7) is 1.70. The van der Waals surface area contributed by atoms with E-state index in [2.05, 4.69) is 9.72 Å². The molecule has 0 amide bonds. The molecule has 0 aliphatic carbocycles. The second-order valence-corrected chi connectivity index (χ2v) is 4.28. The lowest BCUT2D eigenvalue weighted by Crippen LogP contribution is -2.05. The molecule has 2 N–H and O–H groups in total. The van der Waals surface area contributed by atoms with Gasteiger partial charge in [0.1, 0.15) is 5.75 Å². The number of pyridine rings is 1. The smallest absolute Gasteiger partial charge is 0.339 e. The Bertz CT molecular complexity index is 671. The minimum Gasteiger partial charge on any atom is -0.497 e. The van der Waals surface area contributed by atoms with Crippen molar-refractivity contribution in [1.82, 2.24) is 4.98 Å². The maximum Gasteiger partial charge on any atom is 0.339 e. The number of hydrogen-bond acceptors (Lipinski definition) is 6. The van der Waals surface area contributed by atoms with Gasteiger partial charge in [0.05, 0.1) is 31.2 Å². The SMILES string of the molecule is COC(=O)c1ccc(Oc2ccc(OC)cc2N)nc1C. The number of aromatic nitrogens is 1. The third kappa shape index (κ3) is 3.22. The highest BCUT2D eigenvalue weighted by Gasteiger charge is 2.12. The largest absolute Gasteiger partial charge is 0.497 e. The Labute approximate surface area is 122 Å². The molecule has 21 heavy (non-hydrogen) atoms. The first-order valence-electron chi connectivity index (χ1n) is 6.22. The van der Waals surface area contributed by atoms with E-state index in [4.69, 9.17) is 15.2 Å². The van der Waals surface area contributed by atoms with Gasteiger partial charge in [-0.1, -0.05) is 0 Å². The topological polar surface area (TPSA) is 83.7 Å². The van der Waals surface area contributed by atoms with Crippen LogP contribution in [0.3, 0.4) is 0 Å². The van der Waals surface area contributed by atoms with E-state index in [-0.39, 0.29) is 0 Å². The van der Waals surface area contributed by atoms with Crippen molar-refractivity contribution in [2.24, 2.45) is 0 Å². The van der Waals surface area contributed by atoms with Crippen molar-refractivity contribution < 1.29 is 19.0 Å². The molecular formula is C15H16N2O4. The highest BCUT2D eigenvalue weighted by molar-refractivity contribution is 5.90. The zero-order valence-corrected chi connectivity index (χ0v) is 12.0. The number of anilines is 1. The summed E-state index contributed by atoms with van der Waals surface area (Å²) in [4.78, 5) is 15.7. The Morgan fingerprint density at radius 1 is 1.19 bits per heavy atom. The van der Waals surface area contributed by atoms with Gasteiger partial charge in [-0.3, -0.25) is 0 Å². The van der Waals surface area contributed by atoms with E-state index in [0.717, 1.165) is 0 Å².